The van der Waals surface area contributed by atoms with Crippen molar-refractivity contribution in [2.24, 2.45) is 4.99 Å². The lowest BCUT2D eigenvalue weighted by Crippen LogP contribution is -1.93. The second-order valence-electron chi connectivity index (χ2n) is 1.61. The van der Waals surface area contributed by atoms with Gasteiger partial charge in [-0.25, -0.2) is 4.98 Å². The van der Waals surface area contributed by atoms with Crippen LogP contribution in [0.15, 0.2) is 10.4 Å². The van der Waals surface area contributed by atoms with Crippen LogP contribution in [0.25, 0.3) is 0 Å². The molecule has 1 aromatic rings. The van der Waals surface area contributed by atoms with Crippen LogP contribution < -0.4 is 11.1 Å². The van der Waals surface area contributed by atoms with Crippen molar-refractivity contribution in [1.29, 1.82) is 0 Å². The minimum absolute atomic E-state index is 0. The quantitative estimate of drug-likeness (QED) is 0.598. The van der Waals surface area contributed by atoms with Gasteiger partial charge in [-0.05, 0) is 0 Å². The number of aromatic nitrogens is 1. The van der Waals surface area contributed by atoms with E-state index in [2.05, 4.69) is 15.3 Å². The van der Waals surface area contributed by atoms with Crippen molar-refractivity contribution in [2.75, 3.05) is 18.1 Å². The molecule has 0 saturated heterocycles. The highest BCUT2D eigenvalue weighted by Gasteiger charge is 1.93. The number of nitrogens with zero attached hydrogens (tertiary/aromatic N) is 2. The molecule has 1 rings (SSSR count). The number of hydrogen-bond acceptors (Lipinski definition) is 4. The molecule has 4 nitrogen and oxygen atoms in total. The standard InChI is InChI=1S/C5H8N4S.2ClH/c1-7-3-8-5-9-4(6)2-10-5;;/h2-3H,6H2,1H3,(H,7,8,9);2*1H. The van der Waals surface area contributed by atoms with E-state index >= 15 is 0 Å². The third-order valence-electron chi connectivity index (χ3n) is 0.839. The molecule has 0 amide bonds. The van der Waals surface area contributed by atoms with Gasteiger partial charge in [0.15, 0.2) is 5.13 Å². The van der Waals surface area contributed by atoms with Gasteiger partial charge in [-0.2, -0.15) is 0 Å². The zero-order valence-corrected chi connectivity index (χ0v) is 8.80. The van der Waals surface area contributed by atoms with Crippen LogP contribution in [0.2, 0.25) is 0 Å². The number of nitrogens with two attached hydrogens (primary N) is 1. The molecule has 0 spiro atoms. The summed E-state index contributed by atoms with van der Waals surface area (Å²) in [5.74, 6) is 0.539. The monoisotopic (exact) mass is 228 g/mol. The van der Waals surface area contributed by atoms with Crippen LogP contribution in [-0.4, -0.2) is 18.4 Å². The minimum Gasteiger partial charge on any atom is -0.383 e. The number of anilines is 2. The Morgan fingerprint density at radius 1 is 1.67 bits per heavy atom. The third kappa shape index (κ3) is 4.38. The average molecular weight is 229 g/mol. The second kappa shape index (κ2) is 7.15. The lowest BCUT2D eigenvalue weighted by Gasteiger charge is -1.88. The van der Waals surface area contributed by atoms with Gasteiger partial charge in [0.1, 0.15) is 5.82 Å². The first-order valence-electron chi connectivity index (χ1n) is 2.71. The molecule has 0 unspecified atom stereocenters. The Kier molecular flexibility index (Phi) is 8.36. The predicted octanol–water partition coefficient (Wildman–Crippen LogP) is 1.64. The molecule has 0 aliphatic rings. The maximum Gasteiger partial charge on any atom is 0.189 e. The molecule has 3 N–H and O–H groups in total. The van der Waals surface area contributed by atoms with E-state index in [1.165, 1.54) is 11.3 Å². The molecule has 12 heavy (non-hydrogen) atoms. The van der Waals surface area contributed by atoms with E-state index in [1.54, 1.807) is 18.8 Å². The van der Waals surface area contributed by atoms with Crippen LogP contribution >= 0.6 is 36.2 Å². The summed E-state index contributed by atoms with van der Waals surface area (Å²) in [6.07, 6.45) is 1.57. The summed E-state index contributed by atoms with van der Waals surface area (Å²) in [6, 6.07) is 0. The van der Waals surface area contributed by atoms with Gasteiger partial charge >= 0.3 is 0 Å². The van der Waals surface area contributed by atoms with Crippen LogP contribution in [-0.2, 0) is 0 Å². The molecule has 7 heteroatoms. The van der Waals surface area contributed by atoms with E-state index in [9.17, 15) is 0 Å². The fourth-order valence-electron chi connectivity index (χ4n) is 0.472. The fraction of sp³-hybridized carbons (Fsp3) is 0.200. The summed E-state index contributed by atoms with van der Waals surface area (Å²) >= 11 is 1.45. The first kappa shape index (κ1) is 14.0. The fourth-order valence-corrected chi connectivity index (χ4v) is 1.04. The SMILES string of the molecule is CN=CNc1nc(N)cs1.Cl.Cl. The molecule has 0 atom stereocenters. The van der Waals surface area contributed by atoms with Gasteiger partial charge in [-0.3, -0.25) is 4.99 Å². The van der Waals surface area contributed by atoms with Gasteiger partial charge in [0.25, 0.3) is 0 Å². The average Bonchev–Trinajstić information content (AvgIpc) is 2.31. The Bertz CT molecular complexity index is 237. The van der Waals surface area contributed by atoms with Gasteiger partial charge < -0.3 is 11.1 Å². The van der Waals surface area contributed by atoms with Crippen molar-refractivity contribution in [1.82, 2.24) is 4.98 Å². The summed E-state index contributed by atoms with van der Waals surface area (Å²) in [5, 5.41) is 5.39. The van der Waals surface area contributed by atoms with Crippen LogP contribution in [0.3, 0.4) is 0 Å². The van der Waals surface area contributed by atoms with Gasteiger partial charge in [0.2, 0.25) is 0 Å². The summed E-state index contributed by atoms with van der Waals surface area (Å²) in [6.45, 7) is 0. The van der Waals surface area contributed by atoms with Crippen LogP contribution in [0.5, 0.6) is 0 Å². The van der Waals surface area contributed by atoms with Gasteiger partial charge in [-0.1, -0.05) is 0 Å². The lowest BCUT2D eigenvalue weighted by molar-refractivity contribution is 1.40. The molecule has 0 fully saturated rings. The number of nitrogen functional groups attached to an aromatic ring is 1. The lowest BCUT2D eigenvalue weighted by atomic mass is 10.8. The maximum atomic E-state index is 5.37. The number of halogens is 2. The third-order valence-corrected chi connectivity index (χ3v) is 1.63. The Morgan fingerprint density at radius 2 is 2.33 bits per heavy atom. The highest BCUT2D eigenvalue weighted by Crippen LogP contribution is 2.14. The minimum atomic E-state index is 0. The molecule has 70 valence electrons. The van der Waals surface area contributed by atoms with E-state index in [0.29, 0.717) is 5.82 Å². The van der Waals surface area contributed by atoms with Crippen molar-refractivity contribution in [3.8, 4) is 0 Å². The molecule has 0 aromatic carbocycles. The second-order valence-corrected chi connectivity index (χ2v) is 2.47. The Labute approximate surface area is 87.1 Å². The van der Waals surface area contributed by atoms with Crippen LogP contribution in [0.4, 0.5) is 10.9 Å². The smallest absolute Gasteiger partial charge is 0.189 e. The van der Waals surface area contributed by atoms with Crippen molar-refractivity contribution >= 4 is 53.4 Å². The molecular formula is C5H10Cl2N4S. The van der Waals surface area contributed by atoms with Gasteiger partial charge in [-0.15, -0.1) is 36.2 Å². The maximum absolute atomic E-state index is 5.37. The van der Waals surface area contributed by atoms with Crippen molar-refractivity contribution < 1.29 is 0 Å². The zero-order chi connectivity index (χ0) is 7.40. The van der Waals surface area contributed by atoms with Crippen LogP contribution in [0.1, 0.15) is 0 Å². The number of rotatable bonds is 2. The molecule has 1 heterocycles. The van der Waals surface area contributed by atoms with E-state index in [1.807, 2.05) is 0 Å². The van der Waals surface area contributed by atoms with Crippen molar-refractivity contribution in [3.63, 3.8) is 0 Å². The first-order chi connectivity index (χ1) is 4.83. The number of nitrogens with one attached hydrogen (secondary N) is 1. The Morgan fingerprint density at radius 3 is 2.75 bits per heavy atom. The normalized spacial score (nSPS) is 8.75. The van der Waals surface area contributed by atoms with Gasteiger partial charge in [0.05, 0.1) is 6.34 Å². The number of hydrogen-bond donors (Lipinski definition) is 2. The van der Waals surface area contributed by atoms with E-state index in [-0.39, 0.29) is 24.8 Å². The summed E-state index contributed by atoms with van der Waals surface area (Å²) < 4.78 is 0. The Balaban J connectivity index is 0. The van der Waals surface area contributed by atoms with Crippen molar-refractivity contribution in [2.45, 2.75) is 0 Å². The summed E-state index contributed by atoms with van der Waals surface area (Å²) in [7, 11) is 1.68. The number of aliphatic imine (C=N–C) groups is 1. The summed E-state index contributed by atoms with van der Waals surface area (Å²) in [4.78, 5) is 7.67. The molecule has 0 bridgehead atoms. The highest BCUT2D eigenvalue weighted by molar-refractivity contribution is 7.14. The molecular weight excluding hydrogens is 219 g/mol. The van der Waals surface area contributed by atoms with Crippen LogP contribution in [0, 0.1) is 0 Å². The highest BCUT2D eigenvalue weighted by atomic mass is 35.5. The molecule has 0 aliphatic heterocycles. The topological polar surface area (TPSA) is 63.3 Å². The first-order valence-corrected chi connectivity index (χ1v) is 3.59. The summed E-state index contributed by atoms with van der Waals surface area (Å²) in [5.41, 5.74) is 5.37. The number of thiazole rings is 1. The molecule has 1 aromatic heterocycles. The van der Waals surface area contributed by atoms with E-state index < -0.39 is 0 Å². The molecule has 0 radical (unpaired) electrons. The Hall–Kier alpha value is -0.520. The molecule has 0 saturated carbocycles. The largest absolute Gasteiger partial charge is 0.383 e. The van der Waals surface area contributed by atoms with Gasteiger partial charge in [0, 0.05) is 12.4 Å². The zero-order valence-electron chi connectivity index (χ0n) is 6.35. The van der Waals surface area contributed by atoms with E-state index in [0.717, 1.165) is 5.13 Å². The predicted molar refractivity (Wildman–Crippen MR) is 59.1 cm³/mol. The van der Waals surface area contributed by atoms with Crippen molar-refractivity contribution in [3.05, 3.63) is 5.38 Å². The van der Waals surface area contributed by atoms with E-state index in [4.69, 9.17) is 5.73 Å². The molecule has 0 aliphatic carbocycles.